The third kappa shape index (κ3) is 10.2. The molecule has 4 aromatic heterocycles. The molecule has 1 fully saturated rings. The van der Waals surface area contributed by atoms with Gasteiger partial charge in [-0.05, 0) is 77.1 Å². The number of thiazole rings is 1. The van der Waals surface area contributed by atoms with E-state index >= 15 is 0 Å². The molecule has 2 aromatic carbocycles. The lowest BCUT2D eigenvalue weighted by Crippen LogP contribution is -2.45. The second-order valence-corrected chi connectivity index (χ2v) is 17.8. The number of imidazole rings is 2. The number of amides is 4. The summed E-state index contributed by atoms with van der Waals surface area (Å²) in [5.41, 5.74) is 17.0. The Balaban J connectivity index is 1.23. The van der Waals surface area contributed by atoms with Crippen LogP contribution in [0.15, 0.2) is 59.7 Å². The number of thioether (sulfide) groups is 1. The molecule has 4 amide bonds. The van der Waals surface area contributed by atoms with Crippen LogP contribution in [0.4, 0.5) is 11.9 Å². The monoisotopic (exact) mass is 921 g/mol. The van der Waals surface area contributed by atoms with Crippen molar-refractivity contribution < 1.29 is 23.9 Å². The van der Waals surface area contributed by atoms with Gasteiger partial charge in [0, 0.05) is 74.1 Å². The number of primary amides is 2. The van der Waals surface area contributed by atoms with E-state index < -0.39 is 17.7 Å². The Hall–Kier alpha value is -6.51. The summed E-state index contributed by atoms with van der Waals surface area (Å²) in [7, 11) is 0. The Kier molecular flexibility index (Phi) is 14.4. The number of nitrogens with two attached hydrogens (primary N) is 2. The van der Waals surface area contributed by atoms with Gasteiger partial charge in [-0.3, -0.25) is 39.4 Å². The molecule has 0 spiro atoms. The number of anilines is 2. The third-order valence-electron chi connectivity index (χ3n) is 11.2. The molecule has 7 rings (SSSR count). The van der Waals surface area contributed by atoms with Crippen molar-refractivity contribution >= 4 is 80.7 Å². The number of rotatable bonds is 19. The lowest BCUT2D eigenvalue weighted by atomic mass is 10.1. The van der Waals surface area contributed by atoms with E-state index in [1.807, 2.05) is 62.2 Å². The molecular formula is C45H55N13O5S2. The van der Waals surface area contributed by atoms with Gasteiger partial charge in [-0.15, -0.1) is 23.1 Å². The zero-order chi connectivity index (χ0) is 46.5. The highest BCUT2D eigenvalue weighted by Crippen LogP contribution is 2.34. The van der Waals surface area contributed by atoms with Crippen molar-refractivity contribution in [2.45, 2.75) is 72.0 Å². The number of piperazine rings is 1. The number of hydrogen-bond donors (Lipinski definition) is 4. The molecular weight excluding hydrogens is 867 g/mol. The van der Waals surface area contributed by atoms with Gasteiger partial charge in [-0.25, -0.2) is 15.0 Å². The lowest BCUT2D eigenvalue weighted by molar-refractivity contribution is 0.0991. The van der Waals surface area contributed by atoms with Gasteiger partial charge < -0.3 is 30.2 Å². The molecule has 1 aliphatic rings. The van der Waals surface area contributed by atoms with Crippen LogP contribution in [0, 0.1) is 13.8 Å². The first-order valence-electron chi connectivity index (χ1n) is 21.5. The number of aromatic nitrogens is 7. The van der Waals surface area contributed by atoms with E-state index in [-0.39, 0.29) is 36.5 Å². The summed E-state index contributed by atoms with van der Waals surface area (Å²) < 4.78 is 11.8. The topological polar surface area (TPSA) is 226 Å². The van der Waals surface area contributed by atoms with Crippen LogP contribution in [0.1, 0.15) is 84.5 Å². The molecule has 0 bridgehead atoms. The molecule has 6 aromatic rings. The molecule has 5 heterocycles. The summed E-state index contributed by atoms with van der Waals surface area (Å²) in [6.07, 6.45) is 7.01. The highest BCUT2D eigenvalue weighted by molar-refractivity contribution is 7.98. The summed E-state index contributed by atoms with van der Waals surface area (Å²) in [6, 6.07) is 8.25. The number of fused-ring (bicyclic) bond motifs is 2. The van der Waals surface area contributed by atoms with E-state index in [9.17, 15) is 19.2 Å². The molecule has 0 saturated carbocycles. The number of carbonyl (C=O) groups is 4. The second kappa shape index (κ2) is 20.1. The van der Waals surface area contributed by atoms with Crippen LogP contribution in [-0.4, -0.2) is 113 Å². The maximum atomic E-state index is 13.9. The number of ether oxygens (including phenoxy) is 1. The highest BCUT2D eigenvalue weighted by atomic mass is 32.2. The first-order chi connectivity index (χ1) is 31.2. The van der Waals surface area contributed by atoms with Crippen molar-refractivity contribution in [1.82, 2.24) is 43.7 Å². The van der Waals surface area contributed by atoms with Crippen LogP contribution >= 0.6 is 23.1 Å². The molecule has 0 radical (unpaired) electrons. The first-order valence-corrected chi connectivity index (χ1v) is 23.5. The maximum absolute atomic E-state index is 13.9. The van der Waals surface area contributed by atoms with E-state index in [0.717, 1.165) is 54.7 Å². The predicted octanol–water partition coefficient (Wildman–Crippen LogP) is 5.84. The molecule has 1 aliphatic heterocycles. The molecule has 20 heteroatoms. The number of carbonyl (C=O) groups excluding carboxylic acids is 4. The Labute approximate surface area is 385 Å². The normalized spacial score (nSPS) is 13.3. The molecule has 0 unspecified atom stereocenters. The average molecular weight is 922 g/mol. The van der Waals surface area contributed by atoms with Gasteiger partial charge in [0.15, 0.2) is 0 Å². The van der Waals surface area contributed by atoms with Gasteiger partial charge in [0.1, 0.15) is 21.8 Å². The van der Waals surface area contributed by atoms with E-state index in [2.05, 4.69) is 37.1 Å². The van der Waals surface area contributed by atoms with Gasteiger partial charge in [-0.2, -0.15) is 5.10 Å². The molecule has 0 atom stereocenters. The number of hydrogen-bond acceptors (Lipinski definition) is 13. The Morgan fingerprint density at radius 2 is 1.48 bits per heavy atom. The fourth-order valence-corrected chi connectivity index (χ4v) is 9.48. The lowest BCUT2D eigenvalue weighted by Gasteiger charge is -2.36. The van der Waals surface area contributed by atoms with Crippen molar-refractivity contribution in [3.63, 3.8) is 0 Å². The van der Waals surface area contributed by atoms with Crippen molar-refractivity contribution in [3.8, 4) is 5.75 Å². The van der Waals surface area contributed by atoms with Gasteiger partial charge >= 0.3 is 0 Å². The summed E-state index contributed by atoms with van der Waals surface area (Å²) in [5.74, 6) is -1.10. The van der Waals surface area contributed by atoms with Gasteiger partial charge in [0.25, 0.3) is 11.8 Å². The fourth-order valence-electron chi connectivity index (χ4n) is 7.92. The Morgan fingerprint density at radius 1 is 0.862 bits per heavy atom. The van der Waals surface area contributed by atoms with Crippen molar-refractivity contribution in [2.75, 3.05) is 56.2 Å². The summed E-state index contributed by atoms with van der Waals surface area (Å²) in [6.45, 7) is 19.5. The van der Waals surface area contributed by atoms with Crippen LogP contribution in [-0.2, 0) is 26.1 Å². The zero-order valence-electron chi connectivity index (χ0n) is 37.6. The van der Waals surface area contributed by atoms with E-state index in [1.165, 1.54) is 23.1 Å². The maximum Gasteiger partial charge on any atom is 0.276 e. The minimum absolute atomic E-state index is 0.207. The van der Waals surface area contributed by atoms with Crippen LogP contribution < -0.4 is 26.8 Å². The minimum atomic E-state index is -0.641. The van der Waals surface area contributed by atoms with Crippen LogP contribution in [0.5, 0.6) is 5.75 Å². The van der Waals surface area contributed by atoms with Crippen LogP contribution in [0.25, 0.3) is 22.1 Å². The average Bonchev–Trinajstić information content (AvgIpc) is 4.05. The number of nitrogens with zero attached hydrogens (tertiary/aromatic N) is 9. The van der Waals surface area contributed by atoms with Crippen molar-refractivity contribution in [1.29, 1.82) is 0 Å². The van der Waals surface area contributed by atoms with Gasteiger partial charge in [0.2, 0.25) is 23.7 Å². The van der Waals surface area contributed by atoms with Crippen molar-refractivity contribution in [3.05, 3.63) is 92.9 Å². The number of aryl methyl sites for hydroxylation is 4. The van der Waals surface area contributed by atoms with E-state index in [0.29, 0.717) is 74.9 Å². The third-order valence-corrected chi connectivity index (χ3v) is 12.9. The van der Waals surface area contributed by atoms with Crippen LogP contribution in [0.2, 0.25) is 0 Å². The standard InChI is InChI=1S/C45H55N13O5S2/c1-8-31-39(65-28(6)48-31)43(62)52-45-49-32-22-29(40(46)59)24-35(63-20-12-13-54-16-18-55(19-17-54)26(3)4)37(32)56(45)14-10-11-15-57-38-33(23-30(41(47)60)25-36(38)64-7)50-44(57)51-42(61)34-21-27(5)53-58(34)9-2/h10-11,21-25H,3,8-9,12-20H2,1-2,4-7H3,(H2,46,59)(H2,47,60)(H,49,52,62)(H,50,51,61)/b11-10+. The molecule has 0 aliphatic carbocycles. The minimum Gasteiger partial charge on any atom is -0.491 e. The summed E-state index contributed by atoms with van der Waals surface area (Å²) >= 11 is 2.73. The summed E-state index contributed by atoms with van der Waals surface area (Å²) in [5, 5.41) is 11.2. The van der Waals surface area contributed by atoms with E-state index in [4.69, 9.17) is 26.2 Å². The predicted molar refractivity (Wildman–Crippen MR) is 255 cm³/mol. The Bertz CT molecular complexity index is 2830. The molecule has 1 saturated heterocycles. The summed E-state index contributed by atoms with van der Waals surface area (Å²) in [4.78, 5) is 72.7. The molecule has 342 valence electrons. The zero-order valence-corrected chi connectivity index (χ0v) is 39.2. The van der Waals surface area contributed by atoms with E-state index in [1.54, 1.807) is 35.0 Å². The SMILES string of the molecule is C=C(C)N1CCN(CCCOc2cc(C(N)=O)cc3nc(NC(=O)c4sc(C)nc4CC)n(C/C=C/Cn4c(NC(=O)c5cc(C)nn5CC)nc5cc(C(N)=O)cc(SC)c54)c23)CC1. The number of nitrogens with one attached hydrogen (secondary N) is 2. The highest BCUT2D eigenvalue weighted by Gasteiger charge is 2.24. The van der Waals surface area contributed by atoms with Gasteiger partial charge in [-0.1, -0.05) is 25.7 Å². The van der Waals surface area contributed by atoms with Crippen LogP contribution in [0.3, 0.4) is 0 Å². The largest absolute Gasteiger partial charge is 0.491 e. The van der Waals surface area contributed by atoms with Gasteiger partial charge in [0.05, 0.1) is 39.6 Å². The second-order valence-electron chi connectivity index (χ2n) is 15.7. The first kappa shape index (κ1) is 46.5. The fraction of sp³-hybridized carbons (Fsp3) is 0.378. The quantitative estimate of drug-likeness (QED) is 0.0427. The molecule has 6 N–H and O–H groups in total. The smallest absolute Gasteiger partial charge is 0.276 e. The number of allylic oxidation sites excluding steroid dienone is 3. The molecule has 65 heavy (non-hydrogen) atoms. The number of benzene rings is 2. The van der Waals surface area contributed by atoms with Crippen molar-refractivity contribution in [2.24, 2.45) is 11.5 Å². The molecule has 18 nitrogen and oxygen atoms in total. The Morgan fingerprint density at radius 3 is 2.08 bits per heavy atom.